The molecule has 2 N–H and O–H groups in total. The second-order valence-corrected chi connectivity index (χ2v) is 6.22. The molecule has 1 aromatic heterocycles. The number of hydrogen-bond acceptors (Lipinski definition) is 5. The van der Waals surface area contributed by atoms with E-state index in [-0.39, 0.29) is 6.42 Å². The van der Waals surface area contributed by atoms with E-state index >= 15 is 0 Å². The van der Waals surface area contributed by atoms with Crippen molar-refractivity contribution in [3.05, 3.63) is 57.2 Å². The van der Waals surface area contributed by atoms with Gasteiger partial charge in [0.1, 0.15) is 0 Å². The molecule has 2 aromatic rings. The minimum atomic E-state index is -0.623. The number of benzene rings is 1. The first-order valence-corrected chi connectivity index (χ1v) is 8.33. The average Bonchev–Trinajstić information content (AvgIpc) is 3.10. The highest BCUT2D eigenvalue weighted by molar-refractivity contribution is 7.09. The van der Waals surface area contributed by atoms with Crippen LogP contribution in [0.3, 0.4) is 0 Å². The molecule has 2 amide bonds. The van der Waals surface area contributed by atoms with Gasteiger partial charge < -0.3 is 4.74 Å². The number of ether oxygens (including phenoxy) is 1. The van der Waals surface area contributed by atoms with Gasteiger partial charge in [-0.2, -0.15) is 0 Å². The molecular formula is C16H15ClN2O4S. The Kier molecular flexibility index (Phi) is 6.77. The lowest BCUT2D eigenvalue weighted by atomic mass is 10.2. The van der Waals surface area contributed by atoms with Crippen molar-refractivity contribution in [1.29, 1.82) is 0 Å². The van der Waals surface area contributed by atoms with E-state index in [1.54, 1.807) is 23.5 Å². The smallest absolute Gasteiger partial charge is 0.306 e. The highest BCUT2D eigenvalue weighted by Gasteiger charge is 2.10. The van der Waals surface area contributed by atoms with E-state index in [9.17, 15) is 14.4 Å². The van der Waals surface area contributed by atoms with E-state index in [0.29, 0.717) is 17.0 Å². The van der Waals surface area contributed by atoms with Crippen molar-refractivity contribution in [1.82, 2.24) is 10.9 Å². The molecular weight excluding hydrogens is 352 g/mol. The molecule has 0 unspecified atom stereocenters. The van der Waals surface area contributed by atoms with Crippen molar-refractivity contribution in [2.75, 3.05) is 6.61 Å². The lowest BCUT2D eigenvalue weighted by Crippen LogP contribution is -2.43. The summed E-state index contributed by atoms with van der Waals surface area (Å²) in [4.78, 5) is 35.9. The molecule has 0 aliphatic rings. The van der Waals surface area contributed by atoms with Crippen LogP contribution in [0.25, 0.3) is 0 Å². The molecule has 0 aliphatic carbocycles. The molecule has 8 heteroatoms. The summed E-state index contributed by atoms with van der Waals surface area (Å²) in [6.07, 6.45) is 0.774. The molecule has 0 fully saturated rings. The summed E-state index contributed by atoms with van der Waals surface area (Å²) in [5.74, 6) is -1.59. The highest BCUT2D eigenvalue weighted by Crippen LogP contribution is 2.11. The zero-order valence-corrected chi connectivity index (χ0v) is 14.2. The SMILES string of the molecule is O=C(COC(=O)CCc1cccs1)NNC(=O)c1ccc(Cl)cc1. The number of carbonyl (C=O) groups excluding carboxylic acids is 3. The molecule has 24 heavy (non-hydrogen) atoms. The summed E-state index contributed by atoms with van der Waals surface area (Å²) in [7, 11) is 0. The number of hydrogen-bond donors (Lipinski definition) is 2. The Labute approximate surface area is 147 Å². The fourth-order valence-corrected chi connectivity index (χ4v) is 2.57. The first-order chi connectivity index (χ1) is 11.5. The Morgan fingerprint density at radius 2 is 1.83 bits per heavy atom. The minimum absolute atomic E-state index is 0.199. The van der Waals surface area contributed by atoms with Gasteiger partial charge in [0.15, 0.2) is 6.61 Å². The summed E-state index contributed by atoms with van der Waals surface area (Å²) in [5, 5.41) is 2.43. The summed E-state index contributed by atoms with van der Waals surface area (Å²) in [5.41, 5.74) is 4.74. The molecule has 0 radical (unpaired) electrons. The van der Waals surface area contributed by atoms with Gasteiger partial charge in [-0.15, -0.1) is 11.3 Å². The van der Waals surface area contributed by atoms with Crippen molar-refractivity contribution in [2.45, 2.75) is 12.8 Å². The molecule has 0 saturated carbocycles. The summed E-state index contributed by atoms with van der Waals surface area (Å²) in [6, 6.07) is 10.0. The monoisotopic (exact) mass is 366 g/mol. The van der Waals surface area contributed by atoms with E-state index in [1.807, 2.05) is 17.5 Å². The lowest BCUT2D eigenvalue weighted by molar-refractivity contribution is -0.148. The first kappa shape index (κ1) is 18.0. The second-order valence-electron chi connectivity index (χ2n) is 4.75. The van der Waals surface area contributed by atoms with Gasteiger partial charge >= 0.3 is 5.97 Å². The van der Waals surface area contributed by atoms with Crippen molar-refractivity contribution >= 4 is 40.7 Å². The number of hydrazine groups is 1. The van der Waals surface area contributed by atoms with Crippen molar-refractivity contribution in [3.8, 4) is 0 Å². The van der Waals surface area contributed by atoms with Gasteiger partial charge in [0, 0.05) is 15.5 Å². The second kappa shape index (κ2) is 9.05. The Morgan fingerprint density at radius 1 is 1.08 bits per heavy atom. The van der Waals surface area contributed by atoms with Crippen LogP contribution in [-0.2, 0) is 20.7 Å². The number of thiophene rings is 1. The number of halogens is 1. The summed E-state index contributed by atoms with van der Waals surface area (Å²) < 4.78 is 4.84. The van der Waals surface area contributed by atoms with Crippen molar-refractivity contribution in [3.63, 3.8) is 0 Å². The zero-order chi connectivity index (χ0) is 17.4. The van der Waals surface area contributed by atoms with Crippen LogP contribution in [0.4, 0.5) is 0 Å². The Balaban J connectivity index is 1.64. The van der Waals surface area contributed by atoms with Crippen molar-refractivity contribution in [2.24, 2.45) is 0 Å². The normalized spacial score (nSPS) is 10.0. The third kappa shape index (κ3) is 6.02. The Morgan fingerprint density at radius 3 is 2.50 bits per heavy atom. The molecule has 0 atom stereocenters. The molecule has 2 rings (SSSR count). The molecule has 1 heterocycles. The van der Waals surface area contributed by atoms with E-state index in [2.05, 4.69) is 10.9 Å². The van der Waals surface area contributed by atoms with Crippen molar-refractivity contribution < 1.29 is 19.1 Å². The summed E-state index contributed by atoms with van der Waals surface area (Å²) in [6.45, 7) is -0.454. The third-order valence-corrected chi connectivity index (χ3v) is 4.13. The van der Waals surface area contributed by atoms with E-state index < -0.39 is 24.4 Å². The van der Waals surface area contributed by atoms with Gasteiger partial charge in [0.2, 0.25) is 0 Å². The largest absolute Gasteiger partial charge is 0.455 e. The van der Waals surface area contributed by atoms with Crippen LogP contribution in [0.2, 0.25) is 5.02 Å². The van der Waals surface area contributed by atoms with Crippen LogP contribution in [0.1, 0.15) is 21.7 Å². The topological polar surface area (TPSA) is 84.5 Å². The molecule has 0 aliphatic heterocycles. The fraction of sp³-hybridized carbons (Fsp3) is 0.188. The van der Waals surface area contributed by atoms with E-state index in [1.165, 1.54) is 12.1 Å². The van der Waals surface area contributed by atoms with Gasteiger partial charge in [-0.05, 0) is 42.1 Å². The number of nitrogens with one attached hydrogen (secondary N) is 2. The quantitative estimate of drug-likeness (QED) is 0.607. The highest BCUT2D eigenvalue weighted by atomic mass is 35.5. The van der Waals surface area contributed by atoms with Crippen LogP contribution >= 0.6 is 22.9 Å². The van der Waals surface area contributed by atoms with Gasteiger partial charge in [-0.25, -0.2) is 0 Å². The minimum Gasteiger partial charge on any atom is -0.455 e. The first-order valence-electron chi connectivity index (χ1n) is 7.07. The van der Waals surface area contributed by atoms with Gasteiger partial charge in [-0.3, -0.25) is 25.2 Å². The number of esters is 1. The maximum absolute atomic E-state index is 11.8. The lowest BCUT2D eigenvalue weighted by Gasteiger charge is -2.08. The Hall–Kier alpha value is -2.38. The molecule has 0 saturated heterocycles. The van der Waals surface area contributed by atoms with Crippen LogP contribution < -0.4 is 10.9 Å². The van der Waals surface area contributed by atoms with Crippen LogP contribution in [0.15, 0.2) is 41.8 Å². The van der Waals surface area contributed by atoms with E-state index in [4.69, 9.17) is 16.3 Å². The number of amides is 2. The predicted octanol–water partition coefficient (Wildman–Crippen LogP) is 2.34. The molecule has 6 nitrogen and oxygen atoms in total. The number of aryl methyl sites for hydroxylation is 1. The van der Waals surface area contributed by atoms with E-state index in [0.717, 1.165) is 4.88 Å². The van der Waals surface area contributed by atoms with Crippen LogP contribution in [0.5, 0.6) is 0 Å². The predicted molar refractivity (Wildman–Crippen MR) is 90.7 cm³/mol. The zero-order valence-electron chi connectivity index (χ0n) is 12.6. The van der Waals surface area contributed by atoms with Gasteiger partial charge in [0.25, 0.3) is 11.8 Å². The molecule has 126 valence electrons. The molecule has 1 aromatic carbocycles. The molecule has 0 bridgehead atoms. The average molecular weight is 367 g/mol. The summed E-state index contributed by atoms with van der Waals surface area (Å²) >= 11 is 7.28. The fourth-order valence-electron chi connectivity index (χ4n) is 1.73. The standard InChI is InChI=1S/C16H15ClN2O4S/c17-12-5-3-11(4-6-12)16(22)19-18-14(20)10-23-15(21)8-7-13-2-1-9-24-13/h1-6,9H,7-8,10H2,(H,18,20)(H,19,22). The maximum Gasteiger partial charge on any atom is 0.306 e. The van der Waals surface area contributed by atoms with Crippen LogP contribution in [-0.4, -0.2) is 24.4 Å². The van der Waals surface area contributed by atoms with Crippen LogP contribution in [0, 0.1) is 0 Å². The Bertz CT molecular complexity index is 701. The molecule has 0 spiro atoms. The number of rotatable bonds is 6. The number of carbonyl (C=O) groups is 3. The maximum atomic E-state index is 11.8. The third-order valence-electron chi connectivity index (χ3n) is 2.94. The van der Waals surface area contributed by atoms with Gasteiger partial charge in [-0.1, -0.05) is 17.7 Å². The van der Waals surface area contributed by atoms with Gasteiger partial charge in [0.05, 0.1) is 6.42 Å².